The molecule has 0 atom stereocenters. The van der Waals surface area contributed by atoms with Crippen LogP contribution in [0.5, 0.6) is 0 Å². The van der Waals surface area contributed by atoms with Crippen LogP contribution in [-0.2, 0) is 0 Å². The summed E-state index contributed by atoms with van der Waals surface area (Å²) in [6.45, 7) is 2.11. The number of benzene rings is 3. The summed E-state index contributed by atoms with van der Waals surface area (Å²) in [5.41, 5.74) is 6.11. The maximum absolute atomic E-state index is 3.45. The maximum Gasteiger partial charge on any atom is 0.0175 e. The van der Waals surface area contributed by atoms with E-state index in [-0.39, 0.29) is 0 Å². The first kappa shape index (κ1) is 16.5. The third-order valence-corrected chi connectivity index (χ3v) is 4.35. The zero-order valence-corrected chi connectivity index (χ0v) is 15.2. The van der Waals surface area contributed by atoms with E-state index in [1.165, 1.54) is 27.8 Å². The van der Waals surface area contributed by atoms with E-state index in [1.54, 1.807) is 0 Å². The molecule has 0 aliphatic rings. The highest BCUT2D eigenvalue weighted by Crippen LogP contribution is 2.15. The second-order valence-corrected chi connectivity index (χ2v) is 6.71. The Morgan fingerprint density at radius 2 is 0.792 bits per heavy atom. The van der Waals surface area contributed by atoms with E-state index in [1.807, 2.05) is 0 Å². The van der Waals surface area contributed by atoms with E-state index in [4.69, 9.17) is 0 Å². The molecule has 24 heavy (non-hydrogen) atoms. The summed E-state index contributed by atoms with van der Waals surface area (Å²) in [5, 5.41) is 0. The molecule has 0 spiro atoms. The Labute approximate surface area is 152 Å². The van der Waals surface area contributed by atoms with Gasteiger partial charge in [0, 0.05) is 4.47 Å². The predicted octanol–water partition coefficient (Wildman–Crippen LogP) is 7.10. The lowest BCUT2D eigenvalue weighted by Gasteiger charge is -1.98. The Morgan fingerprint density at radius 1 is 0.500 bits per heavy atom. The zero-order valence-electron chi connectivity index (χ0n) is 13.6. The van der Waals surface area contributed by atoms with Crippen molar-refractivity contribution >= 4 is 40.2 Å². The molecule has 0 unspecified atom stereocenters. The lowest BCUT2D eigenvalue weighted by atomic mass is 10.1. The van der Waals surface area contributed by atoms with Crippen molar-refractivity contribution < 1.29 is 0 Å². The molecule has 3 aromatic rings. The van der Waals surface area contributed by atoms with E-state index < -0.39 is 0 Å². The Hall–Kier alpha value is -2.38. The molecule has 3 rings (SSSR count). The second-order valence-electron chi connectivity index (χ2n) is 5.80. The average molecular weight is 375 g/mol. The van der Waals surface area contributed by atoms with Crippen LogP contribution in [0.4, 0.5) is 0 Å². The zero-order chi connectivity index (χ0) is 16.8. The topological polar surface area (TPSA) is 0 Å². The van der Waals surface area contributed by atoms with E-state index in [0.717, 1.165) is 4.47 Å². The highest BCUT2D eigenvalue weighted by molar-refractivity contribution is 9.10. The van der Waals surface area contributed by atoms with Gasteiger partial charge in [-0.15, -0.1) is 0 Å². The fraction of sp³-hybridized carbons (Fsp3) is 0.0435. The monoisotopic (exact) mass is 374 g/mol. The normalized spacial score (nSPS) is 11.4. The molecule has 0 heterocycles. The summed E-state index contributed by atoms with van der Waals surface area (Å²) in [6.07, 6.45) is 8.55. The summed E-state index contributed by atoms with van der Waals surface area (Å²) in [7, 11) is 0. The predicted molar refractivity (Wildman–Crippen MR) is 110 cm³/mol. The van der Waals surface area contributed by atoms with E-state index >= 15 is 0 Å². The summed E-state index contributed by atoms with van der Waals surface area (Å²) >= 11 is 3.45. The molecule has 0 fully saturated rings. The van der Waals surface area contributed by atoms with Crippen molar-refractivity contribution in [3.05, 3.63) is 105 Å². The summed E-state index contributed by atoms with van der Waals surface area (Å²) < 4.78 is 1.10. The van der Waals surface area contributed by atoms with Gasteiger partial charge in [-0.1, -0.05) is 106 Å². The Kier molecular flexibility index (Phi) is 5.45. The second kappa shape index (κ2) is 7.94. The van der Waals surface area contributed by atoms with Gasteiger partial charge >= 0.3 is 0 Å². The summed E-state index contributed by atoms with van der Waals surface area (Å²) in [6, 6.07) is 25.4. The van der Waals surface area contributed by atoms with Crippen molar-refractivity contribution in [3.63, 3.8) is 0 Å². The fourth-order valence-corrected chi connectivity index (χ4v) is 2.62. The van der Waals surface area contributed by atoms with Crippen LogP contribution >= 0.6 is 15.9 Å². The lowest BCUT2D eigenvalue weighted by molar-refractivity contribution is 1.46. The molecule has 0 radical (unpaired) electrons. The van der Waals surface area contributed by atoms with Crippen molar-refractivity contribution in [1.29, 1.82) is 0 Å². The van der Waals surface area contributed by atoms with Gasteiger partial charge in [-0.3, -0.25) is 0 Å². The Bertz CT molecular complexity index is 762. The molecule has 0 aliphatic heterocycles. The van der Waals surface area contributed by atoms with Gasteiger partial charge in [0.05, 0.1) is 0 Å². The molecule has 0 amide bonds. The van der Waals surface area contributed by atoms with Crippen LogP contribution in [0.25, 0.3) is 24.3 Å². The summed E-state index contributed by atoms with van der Waals surface area (Å²) in [4.78, 5) is 0. The fourth-order valence-electron chi connectivity index (χ4n) is 2.35. The maximum atomic E-state index is 3.45. The number of hydrogen-bond donors (Lipinski definition) is 0. The van der Waals surface area contributed by atoms with Crippen LogP contribution in [0, 0.1) is 6.92 Å². The number of hydrogen-bond acceptors (Lipinski definition) is 0. The van der Waals surface area contributed by atoms with E-state index in [9.17, 15) is 0 Å². The molecule has 0 aliphatic carbocycles. The van der Waals surface area contributed by atoms with Gasteiger partial charge in [-0.25, -0.2) is 0 Å². The lowest BCUT2D eigenvalue weighted by Crippen LogP contribution is -1.76. The standard InChI is InChI=1S/C23H19Br/c1-18-2-4-19(5-3-18)6-7-20-8-10-21(11-9-20)12-13-22-14-16-23(24)17-15-22/h2-17H,1H3. The molecule has 0 N–H and O–H groups in total. The molecule has 0 saturated heterocycles. The summed E-state index contributed by atoms with van der Waals surface area (Å²) in [5.74, 6) is 0. The number of aryl methyl sites for hydroxylation is 1. The third kappa shape index (κ3) is 4.81. The Morgan fingerprint density at radius 3 is 1.17 bits per heavy atom. The van der Waals surface area contributed by atoms with Crippen molar-refractivity contribution in [2.75, 3.05) is 0 Å². The van der Waals surface area contributed by atoms with Gasteiger partial charge in [0.25, 0.3) is 0 Å². The minimum atomic E-state index is 1.10. The van der Waals surface area contributed by atoms with Crippen LogP contribution in [-0.4, -0.2) is 0 Å². The van der Waals surface area contributed by atoms with Crippen molar-refractivity contribution in [2.45, 2.75) is 6.92 Å². The first-order chi connectivity index (χ1) is 11.7. The molecule has 0 bridgehead atoms. The largest absolute Gasteiger partial charge is 0.0587 e. The minimum Gasteiger partial charge on any atom is -0.0587 e. The van der Waals surface area contributed by atoms with Gasteiger partial charge < -0.3 is 0 Å². The van der Waals surface area contributed by atoms with E-state index in [0.29, 0.717) is 0 Å². The van der Waals surface area contributed by atoms with Gasteiger partial charge in [-0.2, -0.15) is 0 Å². The molecular weight excluding hydrogens is 356 g/mol. The molecule has 3 aromatic carbocycles. The van der Waals surface area contributed by atoms with Crippen molar-refractivity contribution in [2.24, 2.45) is 0 Å². The molecule has 0 nitrogen and oxygen atoms in total. The Balaban J connectivity index is 1.66. The number of halogens is 1. The molecular formula is C23H19Br. The SMILES string of the molecule is Cc1ccc(C=Cc2ccc(C=Cc3ccc(Br)cc3)cc2)cc1. The molecule has 0 aromatic heterocycles. The van der Waals surface area contributed by atoms with Crippen LogP contribution in [0.3, 0.4) is 0 Å². The van der Waals surface area contributed by atoms with Gasteiger partial charge in [0.2, 0.25) is 0 Å². The van der Waals surface area contributed by atoms with Crippen LogP contribution in [0.1, 0.15) is 27.8 Å². The van der Waals surface area contributed by atoms with E-state index in [2.05, 4.69) is 120 Å². The molecule has 118 valence electrons. The van der Waals surface area contributed by atoms with Crippen molar-refractivity contribution in [1.82, 2.24) is 0 Å². The minimum absolute atomic E-state index is 1.10. The van der Waals surface area contributed by atoms with Crippen molar-refractivity contribution in [3.8, 4) is 0 Å². The quantitative estimate of drug-likeness (QED) is 0.427. The smallest absolute Gasteiger partial charge is 0.0175 e. The first-order valence-electron chi connectivity index (χ1n) is 7.97. The highest BCUT2D eigenvalue weighted by Gasteiger charge is 1.92. The first-order valence-corrected chi connectivity index (χ1v) is 8.77. The van der Waals surface area contributed by atoms with Crippen LogP contribution < -0.4 is 0 Å². The van der Waals surface area contributed by atoms with Gasteiger partial charge in [-0.05, 0) is 41.3 Å². The van der Waals surface area contributed by atoms with Gasteiger partial charge in [0.15, 0.2) is 0 Å². The number of rotatable bonds is 4. The average Bonchev–Trinajstić information content (AvgIpc) is 2.62. The highest BCUT2D eigenvalue weighted by atomic mass is 79.9. The molecule has 0 saturated carbocycles. The molecule has 1 heteroatoms. The van der Waals surface area contributed by atoms with Crippen LogP contribution in [0.2, 0.25) is 0 Å². The van der Waals surface area contributed by atoms with Crippen LogP contribution in [0.15, 0.2) is 77.3 Å². The van der Waals surface area contributed by atoms with Gasteiger partial charge in [0.1, 0.15) is 0 Å². The third-order valence-electron chi connectivity index (χ3n) is 3.82.